The minimum atomic E-state index is 0.528. The summed E-state index contributed by atoms with van der Waals surface area (Å²) in [5, 5.41) is 3.64. The first-order chi connectivity index (χ1) is 10.4. The summed E-state index contributed by atoms with van der Waals surface area (Å²) in [5.41, 5.74) is 1.47. The van der Waals surface area contributed by atoms with Crippen LogP contribution >= 0.6 is 0 Å². The SMILES string of the molecule is CCCNCC(c1ccccc1)N1CCN2CCCC2C1. The second-order valence-corrected chi connectivity index (χ2v) is 6.46. The molecule has 21 heavy (non-hydrogen) atoms. The first kappa shape index (κ1) is 15.0. The van der Waals surface area contributed by atoms with Crippen LogP contribution in [0.3, 0.4) is 0 Å². The van der Waals surface area contributed by atoms with Crippen LogP contribution in [-0.4, -0.2) is 55.1 Å². The smallest absolute Gasteiger partial charge is 0.0473 e. The molecule has 116 valence electrons. The number of nitrogens with one attached hydrogen (secondary N) is 1. The summed E-state index contributed by atoms with van der Waals surface area (Å²) in [5.74, 6) is 0. The summed E-state index contributed by atoms with van der Waals surface area (Å²) >= 11 is 0. The minimum Gasteiger partial charge on any atom is -0.315 e. The highest BCUT2D eigenvalue weighted by atomic mass is 15.3. The molecule has 1 aromatic carbocycles. The van der Waals surface area contributed by atoms with E-state index in [1.54, 1.807) is 0 Å². The summed E-state index contributed by atoms with van der Waals surface area (Å²) in [7, 11) is 0. The van der Waals surface area contributed by atoms with Gasteiger partial charge in [0.25, 0.3) is 0 Å². The number of hydrogen-bond acceptors (Lipinski definition) is 3. The fourth-order valence-corrected chi connectivity index (χ4v) is 3.85. The van der Waals surface area contributed by atoms with Crippen LogP contribution in [0.15, 0.2) is 30.3 Å². The largest absolute Gasteiger partial charge is 0.315 e. The number of nitrogens with zero attached hydrogens (tertiary/aromatic N) is 2. The minimum absolute atomic E-state index is 0.528. The van der Waals surface area contributed by atoms with Gasteiger partial charge in [0.1, 0.15) is 0 Å². The number of piperazine rings is 1. The normalized spacial score (nSPS) is 24.9. The Morgan fingerprint density at radius 2 is 2.05 bits per heavy atom. The molecule has 1 N–H and O–H groups in total. The first-order valence-electron chi connectivity index (χ1n) is 8.62. The van der Waals surface area contributed by atoms with Gasteiger partial charge < -0.3 is 5.32 Å². The lowest BCUT2D eigenvalue weighted by Gasteiger charge is -2.42. The lowest BCUT2D eigenvalue weighted by molar-refractivity contribution is 0.0707. The summed E-state index contributed by atoms with van der Waals surface area (Å²) in [6, 6.07) is 12.4. The monoisotopic (exact) mass is 287 g/mol. The second-order valence-electron chi connectivity index (χ2n) is 6.46. The van der Waals surface area contributed by atoms with Gasteiger partial charge in [-0.2, -0.15) is 0 Å². The van der Waals surface area contributed by atoms with Crippen LogP contribution in [0.25, 0.3) is 0 Å². The predicted molar refractivity (Wildman–Crippen MR) is 88.5 cm³/mol. The number of fused-ring (bicyclic) bond motifs is 1. The number of hydrogen-bond donors (Lipinski definition) is 1. The van der Waals surface area contributed by atoms with E-state index in [0.29, 0.717) is 6.04 Å². The van der Waals surface area contributed by atoms with Crippen molar-refractivity contribution in [2.75, 3.05) is 39.3 Å². The van der Waals surface area contributed by atoms with Crippen LogP contribution in [-0.2, 0) is 0 Å². The van der Waals surface area contributed by atoms with E-state index in [4.69, 9.17) is 0 Å². The van der Waals surface area contributed by atoms with Crippen molar-refractivity contribution >= 4 is 0 Å². The average Bonchev–Trinajstić information content (AvgIpc) is 3.00. The quantitative estimate of drug-likeness (QED) is 0.811. The van der Waals surface area contributed by atoms with Gasteiger partial charge in [-0.15, -0.1) is 0 Å². The zero-order chi connectivity index (χ0) is 14.5. The molecule has 3 rings (SSSR count). The van der Waals surface area contributed by atoms with Crippen LogP contribution in [0.1, 0.15) is 37.8 Å². The maximum Gasteiger partial charge on any atom is 0.0473 e. The van der Waals surface area contributed by atoms with Crippen molar-refractivity contribution < 1.29 is 0 Å². The molecule has 0 radical (unpaired) electrons. The summed E-state index contributed by atoms with van der Waals surface area (Å²) in [4.78, 5) is 5.41. The summed E-state index contributed by atoms with van der Waals surface area (Å²) in [6.45, 7) is 9.46. The van der Waals surface area contributed by atoms with E-state index >= 15 is 0 Å². The lowest BCUT2D eigenvalue weighted by Crippen LogP contribution is -2.52. The second kappa shape index (κ2) is 7.39. The molecule has 0 spiro atoms. The molecule has 0 aromatic heterocycles. The standard InChI is InChI=1S/C18H29N3/c1-2-10-19-14-18(16-7-4-3-5-8-16)21-13-12-20-11-6-9-17(20)15-21/h3-5,7-8,17-19H,2,6,9-15H2,1H3. The molecule has 2 fully saturated rings. The van der Waals surface area contributed by atoms with Gasteiger partial charge in [0.05, 0.1) is 0 Å². The maximum atomic E-state index is 3.64. The van der Waals surface area contributed by atoms with Crippen molar-refractivity contribution in [3.05, 3.63) is 35.9 Å². The Hall–Kier alpha value is -0.900. The molecule has 0 saturated carbocycles. The van der Waals surface area contributed by atoms with Crippen molar-refractivity contribution in [2.24, 2.45) is 0 Å². The van der Waals surface area contributed by atoms with Gasteiger partial charge in [-0.1, -0.05) is 37.3 Å². The Morgan fingerprint density at radius 1 is 1.19 bits per heavy atom. The van der Waals surface area contributed by atoms with Crippen molar-refractivity contribution in [3.63, 3.8) is 0 Å². The highest BCUT2D eigenvalue weighted by Gasteiger charge is 2.33. The van der Waals surface area contributed by atoms with Crippen LogP contribution in [0.4, 0.5) is 0 Å². The van der Waals surface area contributed by atoms with Crippen molar-refractivity contribution in [3.8, 4) is 0 Å². The fourth-order valence-electron chi connectivity index (χ4n) is 3.85. The Kier molecular flexibility index (Phi) is 5.28. The zero-order valence-corrected chi connectivity index (χ0v) is 13.3. The molecule has 2 saturated heterocycles. The van der Waals surface area contributed by atoms with E-state index in [1.807, 2.05) is 0 Å². The molecule has 1 aromatic rings. The average molecular weight is 287 g/mol. The van der Waals surface area contributed by atoms with E-state index < -0.39 is 0 Å². The van der Waals surface area contributed by atoms with Gasteiger partial charge in [0, 0.05) is 38.3 Å². The number of benzene rings is 1. The Labute approximate surface area is 129 Å². The molecular weight excluding hydrogens is 258 g/mol. The van der Waals surface area contributed by atoms with Gasteiger partial charge in [0.15, 0.2) is 0 Å². The molecule has 2 unspecified atom stereocenters. The van der Waals surface area contributed by atoms with Crippen molar-refractivity contribution in [2.45, 2.75) is 38.3 Å². The molecule has 3 nitrogen and oxygen atoms in total. The molecule has 2 aliphatic heterocycles. The third-order valence-electron chi connectivity index (χ3n) is 5.01. The molecule has 0 amide bonds. The Bertz CT molecular complexity index is 420. The lowest BCUT2D eigenvalue weighted by atomic mass is 10.0. The summed E-state index contributed by atoms with van der Waals surface area (Å²) in [6.07, 6.45) is 3.99. The highest BCUT2D eigenvalue weighted by molar-refractivity contribution is 5.20. The third-order valence-corrected chi connectivity index (χ3v) is 5.01. The van der Waals surface area contributed by atoms with Gasteiger partial charge >= 0.3 is 0 Å². The maximum absolute atomic E-state index is 3.64. The van der Waals surface area contributed by atoms with Crippen molar-refractivity contribution in [1.82, 2.24) is 15.1 Å². The fraction of sp³-hybridized carbons (Fsp3) is 0.667. The van der Waals surface area contributed by atoms with Gasteiger partial charge in [0.2, 0.25) is 0 Å². The first-order valence-corrected chi connectivity index (χ1v) is 8.62. The van der Waals surface area contributed by atoms with Gasteiger partial charge in [-0.05, 0) is 37.9 Å². The van der Waals surface area contributed by atoms with E-state index in [0.717, 1.165) is 19.1 Å². The zero-order valence-electron chi connectivity index (χ0n) is 13.3. The molecule has 2 aliphatic rings. The third kappa shape index (κ3) is 3.65. The van der Waals surface area contributed by atoms with E-state index in [-0.39, 0.29) is 0 Å². The van der Waals surface area contributed by atoms with E-state index in [2.05, 4.69) is 52.4 Å². The molecule has 2 atom stereocenters. The number of rotatable bonds is 6. The van der Waals surface area contributed by atoms with Crippen LogP contribution in [0.5, 0.6) is 0 Å². The Morgan fingerprint density at radius 3 is 2.86 bits per heavy atom. The molecule has 0 bridgehead atoms. The molecule has 0 aliphatic carbocycles. The molecule has 2 heterocycles. The van der Waals surface area contributed by atoms with Crippen LogP contribution in [0.2, 0.25) is 0 Å². The molecular formula is C18H29N3. The van der Waals surface area contributed by atoms with Gasteiger partial charge in [-0.25, -0.2) is 0 Å². The summed E-state index contributed by atoms with van der Waals surface area (Å²) < 4.78 is 0. The van der Waals surface area contributed by atoms with E-state index in [9.17, 15) is 0 Å². The highest BCUT2D eigenvalue weighted by Crippen LogP contribution is 2.27. The Balaban J connectivity index is 1.69. The topological polar surface area (TPSA) is 18.5 Å². The van der Waals surface area contributed by atoms with Crippen LogP contribution < -0.4 is 5.32 Å². The van der Waals surface area contributed by atoms with E-state index in [1.165, 1.54) is 51.0 Å². The molecule has 3 heteroatoms. The van der Waals surface area contributed by atoms with Crippen LogP contribution in [0, 0.1) is 0 Å². The van der Waals surface area contributed by atoms with Crippen molar-refractivity contribution in [1.29, 1.82) is 0 Å². The predicted octanol–water partition coefficient (Wildman–Crippen LogP) is 2.51. The van der Waals surface area contributed by atoms with Gasteiger partial charge in [-0.3, -0.25) is 9.80 Å².